The summed E-state index contributed by atoms with van der Waals surface area (Å²) in [5, 5.41) is 16.3. The first-order chi connectivity index (χ1) is 24.1. The zero-order valence-corrected chi connectivity index (χ0v) is 32.2. The first kappa shape index (κ1) is 36.3. The number of piperidine rings is 1. The van der Waals surface area contributed by atoms with Crippen LogP contribution in [0.4, 0.5) is 4.79 Å². The molecule has 0 spiro atoms. The highest BCUT2D eigenvalue weighted by molar-refractivity contribution is 5.88. The molecule has 51 heavy (non-hydrogen) atoms. The van der Waals surface area contributed by atoms with Gasteiger partial charge >= 0.3 is 12.0 Å². The Bertz CT molecular complexity index is 1610. The normalized spacial score (nSPS) is 39.8. The van der Waals surface area contributed by atoms with Crippen molar-refractivity contribution in [3.63, 3.8) is 0 Å². The van der Waals surface area contributed by atoms with Crippen molar-refractivity contribution in [2.75, 3.05) is 19.6 Å². The molecule has 5 fully saturated rings. The van der Waals surface area contributed by atoms with Crippen LogP contribution in [0.15, 0.2) is 42.5 Å². The average Bonchev–Trinajstić information content (AvgIpc) is 3.45. The number of carbonyl (C=O) groups excluding carboxylic acids is 2. The standard InChI is InChI=1S/C44H63N3O4/c1-28(2)31-17-22-44(46-39(51)45-25-27-47-26-9-8-10-36(47)48)24-23-42(6)33(37(31)44)15-16-35-41(5)20-18-32(29-11-13-30(14-12-29)38(49)50)40(3,4)34(41)19-21-43(35,42)7/h11-14,18,31,33-35,37H,1,8-10,15-17,19-27H2,2-7H3,(H,49,50)(H2,45,46,51)/t31-,33+,34-,35+,37+,41-,42+,43+,44-/m0/s1. The van der Waals surface area contributed by atoms with Gasteiger partial charge in [0.05, 0.1) is 5.56 Å². The average molecular weight is 698 g/mol. The predicted octanol–water partition coefficient (Wildman–Crippen LogP) is 9.10. The lowest BCUT2D eigenvalue weighted by Crippen LogP contribution is -2.68. The lowest BCUT2D eigenvalue weighted by atomic mass is 9.33. The maximum Gasteiger partial charge on any atom is 0.335 e. The van der Waals surface area contributed by atoms with Gasteiger partial charge in [-0.05, 0) is 152 Å². The minimum Gasteiger partial charge on any atom is -0.478 e. The van der Waals surface area contributed by atoms with Crippen LogP contribution in [0.3, 0.4) is 0 Å². The maximum atomic E-state index is 13.6. The van der Waals surface area contributed by atoms with E-state index >= 15 is 0 Å². The molecule has 4 saturated carbocycles. The third-order valence-corrected chi connectivity index (χ3v) is 16.5. The van der Waals surface area contributed by atoms with Gasteiger partial charge in [0.1, 0.15) is 0 Å². The molecule has 0 aromatic heterocycles. The molecule has 7 rings (SSSR count). The Morgan fingerprint density at radius 2 is 1.67 bits per heavy atom. The van der Waals surface area contributed by atoms with Crippen molar-refractivity contribution in [2.24, 2.45) is 51.2 Å². The number of rotatable bonds is 7. The van der Waals surface area contributed by atoms with Crippen molar-refractivity contribution in [1.82, 2.24) is 15.5 Å². The van der Waals surface area contributed by atoms with E-state index in [1.807, 2.05) is 17.0 Å². The molecule has 9 atom stereocenters. The first-order valence-electron chi connectivity index (χ1n) is 20.1. The summed E-state index contributed by atoms with van der Waals surface area (Å²) >= 11 is 0. The first-order valence-corrected chi connectivity index (χ1v) is 20.1. The van der Waals surface area contributed by atoms with Crippen molar-refractivity contribution in [1.29, 1.82) is 0 Å². The number of carboxylic acid groups (broad SMARTS) is 1. The SMILES string of the molecule is C=C(C)[C@@H]1CC[C@]2(NC(=O)NCCN3CCCCC3=O)CC[C@]3(C)[C@H](CC[C@@H]4[C@@]5(C)CC=C(c6ccc(C(=O)O)cc6)C(C)(C)[C@@H]5CC[C@]43C)[C@@H]12. The van der Waals surface area contributed by atoms with Crippen LogP contribution in [0, 0.1) is 51.2 Å². The summed E-state index contributed by atoms with van der Waals surface area (Å²) in [6.45, 7) is 21.4. The van der Waals surface area contributed by atoms with E-state index in [1.165, 1.54) is 36.8 Å². The van der Waals surface area contributed by atoms with E-state index in [2.05, 4.69) is 64.8 Å². The third kappa shape index (κ3) is 5.61. The van der Waals surface area contributed by atoms with Crippen molar-refractivity contribution in [3.8, 4) is 0 Å². The molecule has 6 aliphatic rings. The van der Waals surface area contributed by atoms with Gasteiger partial charge in [0.2, 0.25) is 5.91 Å². The molecule has 5 aliphatic carbocycles. The van der Waals surface area contributed by atoms with E-state index < -0.39 is 5.97 Å². The molecule has 1 aromatic carbocycles. The Morgan fingerprint density at radius 1 is 0.922 bits per heavy atom. The quantitative estimate of drug-likeness (QED) is 0.248. The van der Waals surface area contributed by atoms with Crippen LogP contribution in [-0.4, -0.2) is 53.1 Å². The molecule has 1 aromatic rings. The Morgan fingerprint density at radius 3 is 2.35 bits per heavy atom. The molecule has 7 heteroatoms. The number of nitrogens with zero attached hydrogens (tertiary/aromatic N) is 1. The second-order valence-corrected chi connectivity index (χ2v) is 19.0. The number of nitrogens with one attached hydrogen (secondary N) is 2. The largest absolute Gasteiger partial charge is 0.478 e. The number of benzene rings is 1. The molecule has 1 heterocycles. The van der Waals surface area contributed by atoms with Crippen LogP contribution < -0.4 is 10.6 Å². The van der Waals surface area contributed by atoms with Crippen LogP contribution in [-0.2, 0) is 4.79 Å². The van der Waals surface area contributed by atoms with E-state index in [1.54, 1.807) is 12.1 Å². The van der Waals surface area contributed by atoms with Crippen LogP contribution in [0.2, 0.25) is 0 Å². The summed E-state index contributed by atoms with van der Waals surface area (Å²) in [7, 11) is 0. The fourth-order valence-electron chi connectivity index (χ4n) is 13.9. The molecular formula is C44H63N3O4. The monoisotopic (exact) mass is 697 g/mol. The van der Waals surface area contributed by atoms with Crippen molar-refractivity contribution >= 4 is 23.5 Å². The molecule has 1 aliphatic heterocycles. The number of hydrogen-bond donors (Lipinski definition) is 3. The van der Waals surface area contributed by atoms with Crippen LogP contribution in [0.5, 0.6) is 0 Å². The van der Waals surface area contributed by atoms with Crippen LogP contribution in [0.25, 0.3) is 5.57 Å². The molecule has 278 valence electrons. The van der Waals surface area contributed by atoms with Crippen LogP contribution >= 0.6 is 0 Å². The second kappa shape index (κ2) is 12.8. The number of fused-ring (bicyclic) bond motifs is 7. The lowest BCUT2D eigenvalue weighted by molar-refractivity contribution is -0.218. The van der Waals surface area contributed by atoms with Crippen LogP contribution in [0.1, 0.15) is 135 Å². The van der Waals surface area contributed by atoms with Gasteiger partial charge in [0.15, 0.2) is 0 Å². The van der Waals surface area contributed by atoms with E-state index in [-0.39, 0.29) is 39.1 Å². The summed E-state index contributed by atoms with van der Waals surface area (Å²) in [5.74, 6) is 1.82. The van der Waals surface area contributed by atoms with E-state index in [0.717, 1.165) is 57.1 Å². The highest BCUT2D eigenvalue weighted by Gasteiger charge is 2.70. The van der Waals surface area contributed by atoms with Crippen molar-refractivity contribution in [3.05, 3.63) is 53.6 Å². The van der Waals surface area contributed by atoms with Gasteiger partial charge in [-0.3, -0.25) is 4.79 Å². The van der Waals surface area contributed by atoms with Gasteiger partial charge in [0.25, 0.3) is 0 Å². The zero-order chi connectivity index (χ0) is 36.6. The molecular weight excluding hydrogens is 635 g/mol. The van der Waals surface area contributed by atoms with Crippen molar-refractivity contribution < 1.29 is 19.5 Å². The fraction of sp³-hybridized carbons (Fsp3) is 0.705. The zero-order valence-electron chi connectivity index (χ0n) is 32.2. The number of amides is 3. The Hall–Kier alpha value is -3.09. The highest BCUT2D eigenvalue weighted by Crippen LogP contribution is 2.76. The minimum atomic E-state index is -0.880. The van der Waals surface area contributed by atoms with E-state index in [9.17, 15) is 19.5 Å². The molecule has 1 saturated heterocycles. The topological polar surface area (TPSA) is 98.7 Å². The summed E-state index contributed by atoms with van der Waals surface area (Å²) in [5.41, 5.74) is 4.44. The highest BCUT2D eigenvalue weighted by atomic mass is 16.4. The molecule has 0 unspecified atom stereocenters. The molecule has 3 amide bonds. The number of carboxylic acids is 1. The summed E-state index contributed by atoms with van der Waals surface area (Å²) < 4.78 is 0. The predicted molar refractivity (Wildman–Crippen MR) is 203 cm³/mol. The maximum absolute atomic E-state index is 13.6. The molecule has 0 bridgehead atoms. The summed E-state index contributed by atoms with van der Waals surface area (Å²) in [6, 6.07) is 7.45. The van der Waals surface area contributed by atoms with Gasteiger partial charge in [-0.1, -0.05) is 65.0 Å². The Labute approximate surface area is 306 Å². The number of hydrogen-bond acceptors (Lipinski definition) is 3. The Kier molecular flexibility index (Phi) is 9.10. The van der Waals surface area contributed by atoms with E-state index in [4.69, 9.17) is 0 Å². The fourth-order valence-corrected chi connectivity index (χ4v) is 13.9. The van der Waals surface area contributed by atoms with Gasteiger partial charge < -0.3 is 20.6 Å². The number of urea groups is 1. The molecule has 7 nitrogen and oxygen atoms in total. The van der Waals surface area contributed by atoms with E-state index in [0.29, 0.717) is 54.7 Å². The van der Waals surface area contributed by atoms with Crippen molar-refractivity contribution in [2.45, 2.75) is 124 Å². The second-order valence-electron chi connectivity index (χ2n) is 19.0. The van der Waals surface area contributed by atoms with Gasteiger partial charge in [-0.25, -0.2) is 9.59 Å². The van der Waals surface area contributed by atoms with Gasteiger partial charge in [0, 0.05) is 31.6 Å². The number of aromatic carboxylic acids is 1. The Balaban J connectivity index is 1.13. The number of carbonyl (C=O) groups is 3. The lowest BCUT2D eigenvalue weighted by Gasteiger charge is -2.72. The third-order valence-electron chi connectivity index (χ3n) is 16.5. The number of allylic oxidation sites excluding steroid dienone is 3. The summed E-state index contributed by atoms with van der Waals surface area (Å²) in [6.07, 6.45) is 15.3. The molecule has 0 radical (unpaired) electrons. The smallest absolute Gasteiger partial charge is 0.335 e. The molecule has 3 N–H and O–H groups in total. The van der Waals surface area contributed by atoms with Gasteiger partial charge in [-0.15, -0.1) is 0 Å². The number of likely N-dealkylation sites (tertiary alicyclic amines) is 1. The summed E-state index contributed by atoms with van der Waals surface area (Å²) in [4.78, 5) is 39.4. The van der Waals surface area contributed by atoms with Gasteiger partial charge in [-0.2, -0.15) is 0 Å². The minimum absolute atomic E-state index is 0.0202.